The number of esters is 1. The average molecular weight is 371 g/mol. The predicted molar refractivity (Wildman–Crippen MR) is 100 cm³/mol. The molecule has 1 saturated heterocycles. The van der Waals surface area contributed by atoms with E-state index in [1.807, 2.05) is 24.3 Å². The van der Waals surface area contributed by atoms with E-state index in [0.717, 1.165) is 24.2 Å². The fourth-order valence-electron chi connectivity index (χ4n) is 3.37. The van der Waals surface area contributed by atoms with Gasteiger partial charge in [0.25, 0.3) is 5.91 Å². The van der Waals surface area contributed by atoms with Crippen LogP contribution < -0.4 is 4.74 Å². The molecule has 0 N–H and O–H groups in total. The van der Waals surface area contributed by atoms with Crippen LogP contribution in [0, 0.1) is 5.92 Å². The molecule has 7 nitrogen and oxygen atoms in total. The van der Waals surface area contributed by atoms with Gasteiger partial charge < -0.3 is 14.4 Å². The molecule has 1 aromatic carbocycles. The summed E-state index contributed by atoms with van der Waals surface area (Å²) in [6.45, 7) is 3.17. The van der Waals surface area contributed by atoms with Gasteiger partial charge in [0.15, 0.2) is 0 Å². The highest BCUT2D eigenvalue weighted by atomic mass is 16.5. The fourth-order valence-corrected chi connectivity index (χ4v) is 3.37. The van der Waals surface area contributed by atoms with Crippen molar-refractivity contribution in [2.75, 3.05) is 26.8 Å². The van der Waals surface area contributed by atoms with Crippen LogP contribution in [0.15, 0.2) is 30.3 Å². The monoisotopic (exact) mass is 371 g/mol. The smallest absolute Gasteiger partial charge is 0.310 e. The molecule has 1 aliphatic heterocycles. The van der Waals surface area contributed by atoms with Crippen molar-refractivity contribution in [3.05, 3.63) is 36.0 Å². The zero-order chi connectivity index (χ0) is 19.4. The predicted octanol–water partition coefficient (Wildman–Crippen LogP) is 2.51. The van der Waals surface area contributed by atoms with Gasteiger partial charge in [0.2, 0.25) is 0 Å². The zero-order valence-electron chi connectivity index (χ0n) is 16.0. The van der Waals surface area contributed by atoms with E-state index >= 15 is 0 Å². The van der Waals surface area contributed by atoms with Crippen LogP contribution in [0.3, 0.4) is 0 Å². The number of benzene rings is 1. The lowest BCUT2D eigenvalue weighted by Gasteiger charge is -2.31. The third-order valence-electron chi connectivity index (χ3n) is 4.79. The lowest BCUT2D eigenvalue weighted by atomic mass is 9.98. The van der Waals surface area contributed by atoms with Crippen molar-refractivity contribution in [2.45, 2.75) is 19.8 Å². The van der Waals surface area contributed by atoms with Crippen LogP contribution >= 0.6 is 0 Å². The van der Waals surface area contributed by atoms with Gasteiger partial charge in [-0.3, -0.25) is 14.3 Å². The summed E-state index contributed by atoms with van der Waals surface area (Å²) in [4.78, 5) is 26.8. The molecule has 2 heterocycles. The number of piperidine rings is 1. The largest absolute Gasteiger partial charge is 0.497 e. The normalized spacial score (nSPS) is 16.9. The summed E-state index contributed by atoms with van der Waals surface area (Å²) >= 11 is 0. The Hall–Kier alpha value is -2.83. The SMILES string of the molecule is CCOC(=O)[C@@H]1CCCN(C(=O)c2cc(-c3cccc(OC)c3)nn2C)C1. The Balaban J connectivity index is 1.79. The number of aromatic nitrogens is 2. The first-order valence-electron chi connectivity index (χ1n) is 9.17. The Morgan fingerprint density at radius 2 is 2.11 bits per heavy atom. The van der Waals surface area contributed by atoms with Crippen molar-refractivity contribution >= 4 is 11.9 Å². The highest BCUT2D eigenvalue weighted by Crippen LogP contribution is 2.25. The maximum absolute atomic E-state index is 13.0. The zero-order valence-corrected chi connectivity index (χ0v) is 16.0. The molecule has 0 radical (unpaired) electrons. The van der Waals surface area contributed by atoms with E-state index in [0.29, 0.717) is 31.1 Å². The van der Waals surface area contributed by atoms with Gasteiger partial charge in [0.05, 0.1) is 25.3 Å². The Labute approximate surface area is 158 Å². The standard InChI is InChI=1S/C20H25N3O4/c1-4-27-20(25)15-8-6-10-23(13-15)19(24)18-12-17(21-22(18)2)14-7-5-9-16(11-14)26-3/h5,7,9,11-12,15H,4,6,8,10,13H2,1-3H3/t15-/m1/s1. The van der Waals surface area contributed by atoms with Crippen LogP contribution in [0.25, 0.3) is 11.3 Å². The third-order valence-corrected chi connectivity index (χ3v) is 4.79. The molecule has 0 bridgehead atoms. The highest BCUT2D eigenvalue weighted by molar-refractivity contribution is 5.94. The molecular weight excluding hydrogens is 346 g/mol. The van der Waals surface area contributed by atoms with E-state index in [9.17, 15) is 9.59 Å². The lowest BCUT2D eigenvalue weighted by Crippen LogP contribution is -2.43. The molecule has 7 heteroatoms. The second-order valence-electron chi connectivity index (χ2n) is 6.61. The minimum absolute atomic E-state index is 0.117. The first-order chi connectivity index (χ1) is 13.0. The first kappa shape index (κ1) is 18.9. The van der Waals surface area contributed by atoms with Crippen molar-refractivity contribution in [1.82, 2.24) is 14.7 Å². The molecule has 1 fully saturated rings. The van der Waals surface area contributed by atoms with Gasteiger partial charge in [-0.05, 0) is 38.0 Å². The lowest BCUT2D eigenvalue weighted by molar-refractivity contribution is -0.149. The molecule has 0 saturated carbocycles. The van der Waals surface area contributed by atoms with Crippen molar-refractivity contribution < 1.29 is 19.1 Å². The van der Waals surface area contributed by atoms with Crippen molar-refractivity contribution in [2.24, 2.45) is 13.0 Å². The highest BCUT2D eigenvalue weighted by Gasteiger charge is 2.31. The number of methoxy groups -OCH3 is 1. The molecule has 1 amide bonds. The number of carbonyl (C=O) groups excluding carboxylic acids is 2. The molecule has 3 rings (SSSR count). The summed E-state index contributed by atoms with van der Waals surface area (Å²) in [5.74, 6) is 0.137. The van der Waals surface area contributed by atoms with Crippen LogP contribution in [0.1, 0.15) is 30.3 Å². The Morgan fingerprint density at radius 3 is 2.85 bits per heavy atom. The number of aryl methyl sites for hydroxylation is 1. The minimum Gasteiger partial charge on any atom is -0.497 e. The second kappa shape index (κ2) is 8.24. The topological polar surface area (TPSA) is 73.7 Å². The summed E-state index contributed by atoms with van der Waals surface area (Å²) < 4.78 is 12.0. The molecule has 144 valence electrons. The second-order valence-corrected chi connectivity index (χ2v) is 6.61. The van der Waals surface area contributed by atoms with Crippen molar-refractivity contribution in [3.63, 3.8) is 0 Å². The molecule has 27 heavy (non-hydrogen) atoms. The van der Waals surface area contributed by atoms with Crippen LogP contribution in [0.5, 0.6) is 5.75 Å². The van der Waals surface area contributed by atoms with Gasteiger partial charge in [-0.1, -0.05) is 12.1 Å². The third kappa shape index (κ3) is 4.13. The van der Waals surface area contributed by atoms with Gasteiger partial charge in [-0.2, -0.15) is 5.10 Å². The van der Waals surface area contributed by atoms with E-state index in [1.54, 1.807) is 36.7 Å². The first-order valence-corrected chi connectivity index (χ1v) is 9.17. The van der Waals surface area contributed by atoms with E-state index in [-0.39, 0.29) is 17.8 Å². The molecular formula is C20H25N3O4. The quantitative estimate of drug-likeness (QED) is 0.755. The molecule has 1 atom stereocenters. The average Bonchev–Trinajstić information content (AvgIpc) is 3.09. The maximum atomic E-state index is 13.0. The molecule has 0 unspecified atom stereocenters. The summed E-state index contributed by atoms with van der Waals surface area (Å²) in [6, 6.07) is 9.34. The van der Waals surface area contributed by atoms with Gasteiger partial charge in [0.1, 0.15) is 11.4 Å². The van der Waals surface area contributed by atoms with Crippen LogP contribution in [0.4, 0.5) is 0 Å². The Bertz CT molecular complexity index is 830. The Morgan fingerprint density at radius 1 is 1.30 bits per heavy atom. The van der Waals surface area contributed by atoms with E-state index in [2.05, 4.69) is 5.10 Å². The van der Waals surface area contributed by atoms with Crippen LogP contribution in [-0.2, 0) is 16.6 Å². The van der Waals surface area contributed by atoms with Gasteiger partial charge in [-0.15, -0.1) is 0 Å². The van der Waals surface area contributed by atoms with E-state index < -0.39 is 0 Å². The summed E-state index contributed by atoms with van der Waals surface area (Å²) in [6.07, 6.45) is 1.54. The molecule has 0 spiro atoms. The molecule has 2 aromatic rings. The number of hydrogen-bond donors (Lipinski definition) is 0. The number of nitrogens with zero attached hydrogens (tertiary/aromatic N) is 3. The van der Waals surface area contributed by atoms with Crippen LogP contribution in [-0.4, -0.2) is 53.4 Å². The number of amides is 1. The molecule has 1 aliphatic rings. The molecule has 1 aromatic heterocycles. The number of ether oxygens (including phenoxy) is 2. The summed E-state index contributed by atoms with van der Waals surface area (Å²) in [7, 11) is 3.37. The minimum atomic E-state index is -0.256. The van der Waals surface area contributed by atoms with Crippen molar-refractivity contribution in [1.29, 1.82) is 0 Å². The summed E-state index contributed by atoms with van der Waals surface area (Å²) in [5, 5.41) is 4.48. The van der Waals surface area contributed by atoms with Crippen LogP contribution in [0.2, 0.25) is 0 Å². The number of likely N-dealkylation sites (tertiary alicyclic amines) is 1. The van der Waals surface area contributed by atoms with Crippen molar-refractivity contribution in [3.8, 4) is 17.0 Å². The van der Waals surface area contributed by atoms with Gasteiger partial charge >= 0.3 is 5.97 Å². The summed E-state index contributed by atoms with van der Waals surface area (Å²) in [5.41, 5.74) is 2.09. The van der Waals surface area contributed by atoms with Gasteiger partial charge in [0, 0.05) is 25.7 Å². The Kier molecular flexibility index (Phi) is 5.78. The fraction of sp³-hybridized carbons (Fsp3) is 0.450. The number of rotatable bonds is 5. The van der Waals surface area contributed by atoms with E-state index in [1.165, 1.54) is 0 Å². The van der Waals surface area contributed by atoms with Gasteiger partial charge in [-0.25, -0.2) is 0 Å². The number of carbonyl (C=O) groups is 2. The number of hydrogen-bond acceptors (Lipinski definition) is 5. The maximum Gasteiger partial charge on any atom is 0.310 e. The molecule has 0 aliphatic carbocycles. The van der Waals surface area contributed by atoms with E-state index in [4.69, 9.17) is 9.47 Å².